The molecule has 6 nitrogen and oxygen atoms in total. The summed E-state index contributed by atoms with van der Waals surface area (Å²) in [7, 11) is 0. The van der Waals surface area contributed by atoms with E-state index in [1.54, 1.807) is 30.7 Å². The standard InChI is InChI=1S/C24H24ClN3O3S/c1-32-13-9-22(24(30)31)27-23(29)20-8-7-17(4-3-11-28-12-10-26-16-28)14-21(20)18-5-2-6-19(25)15-18/h2-8,10,12,14-16,22H,9,11,13H2,1H3,(H,27,29)(H,30,31)/b4-3+/t22-/m0/s1. The van der Waals surface area contributed by atoms with E-state index < -0.39 is 17.9 Å². The molecule has 0 spiro atoms. The number of imidazole rings is 1. The van der Waals surface area contributed by atoms with Gasteiger partial charge in [-0.2, -0.15) is 11.8 Å². The minimum absolute atomic E-state index is 0.351. The van der Waals surface area contributed by atoms with Crippen LogP contribution in [0, 0.1) is 0 Å². The molecule has 2 aromatic carbocycles. The van der Waals surface area contributed by atoms with Crippen LogP contribution in [0.1, 0.15) is 22.3 Å². The number of rotatable bonds is 10. The highest BCUT2D eigenvalue weighted by molar-refractivity contribution is 7.98. The lowest BCUT2D eigenvalue weighted by Crippen LogP contribution is -2.41. The maximum Gasteiger partial charge on any atom is 0.326 e. The first-order valence-electron chi connectivity index (χ1n) is 10.0. The zero-order valence-electron chi connectivity index (χ0n) is 17.6. The molecule has 3 rings (SSSR count). The lowest BCUT2D eigenvalue weighted by molar-refractivity contribution is -0.139. The fourth-order valence-electron chi connectivity index (χ4n) is 3.19. The van der Waals surface area contributed by atoms with Crippen LogP contribution in [0.2, 0.25) is 5.02 Å². The van der Waals surface area contributed by atoms with E-state index in [-0.39, 0.29) is 0 Å². The van der Waals surface area contributed by atoms with Crippen molar-refractivity contribution in [3.05, 3.63) is 83.4 Å². The molecule has 0 saturated carbocycles. The predicted octanol–water partition coefficient (Wildman–Crippen LogP) is 4.85. The Morgan fingerprint density at radius 3 is 2.81 bits per heavy atom. The molecular weight excluding hydrogens is 446 g/mol. The van der Waals surface area contributed by atoms with Crippen LogP contribution in [0.3, 0.4) is 0 Å². The molecule has 1 atom stereocenters. The number of halogens is 1. The molecule has 2 N–H and O–H groups in total. The molecule has 0 unspecified atom stereocenters. The monoisotopic (exact) mass is 469 g/mol. The van der Waals surface area contributed by atoms with E-state index in [2.05, 4.69) is 10.3 Å². The number of amides is 1. The lowest BCUT2D eigenvalue weighted by atomic mass is 9.96. The first kappa shape index (κ1) is 23.6. The van der Waals surface area contributed by atoms with Gasteiger partial charge in [-0.3, -0.25) is 4.79 Å². The normalized spacial score (nSPS) is 12.1. The predicted molar refractivity (Wildman–Crippen MR) is 130 cm³/mol. The summed E-state index contributed by atoms with van der Waals surface area (Å²) in [4.78, 5) is 28.6. The summed E-state index contributed by atoms with van der Waals surface area (Å²) in [5, 5.41) is 12.7. The van der Waals surface area contributed by atoms with Gasteiger partial charge >= 0.3 is 5.97 Å². The van der Waals surface area contributed by atoms with Crippen molar-refractivity contribution in [1.29, 1.82) is 0 Å². The van der Waals surface area contributed by atoms with E-state index in [9.17, 15) is 14.7 Å². The van der Waals surface area contributed by atoms with Crippen LogP contribution in [0.5, 0.6) is 0 Å². The lowest BCUT2D eigenvalue weighted by Gasteiger charge is -2.16. The van der Waals surface area contributed by atoms with Gasteiger partial charge in [-0.25, -0.2) is 9.78 Å². The molecule has 166 valence electrons. The topological polar surface area (TPSA) is 84.2 Å². The molecule has 1 amide bonds. The number of carboxylic acids is 1. The average Bonchev–Trinajstić information content (AvgIpc) is 3.29. The molecule has 1 aromatic heterocycles. The Kier molecular flexibility index (Phi) is 8.53. The highest BCUT2D eigenvalue weighted by Gasteiger charge is 2.22. The van der Waals surface area contributed by atoms with Crippen molar-refractivity contribution in [1.82, 2.24) is 14.9 Å². The summed E-state index contributed by atoms with van der Waals surface area (Å²) < 4.78 is 1.94. The number of carbonyl (C=O) groups is 2. The quantitative estimate of drug-likeness (QED) is 0.443. The smallest absolute Gasteiger partial charge is 0.326 e. The molecule has 3 aromatic rings. The van der Waals surface area contributed by atoms with E-state index in [4.69, 9.17) is 11.6 Å². The second-order valence-electron chi connectivity index (χ2n) is 7.12. The Labute approximate surface area is 196 Å². The van der Waals surface area contributed by atoms with Crippen molar-refractivity contribution in [3.8, 4) is 11.1 Å². The number of nitrogens with one attached hydrogen (secondary N) is 1. The van der Waals surface area contributed by atoms with Crippen molar-refractivity contribution < 1.29 is 14.7 Å². The van der Waals surface area contributed by atoms with Gasteiger partial charge in [-0.15, -0.1) is 0 Å². The first-order chi connectivity index (χ1) is 15.5. The fraction of sp³-hybridized carbons (Fsp3) is 0.208. The summed E-state index contributed by atoms with van der Waals surface area (Å²) in [6, 6.07) is 11.8. The third-order valence-electron chi connectivity index (χ3n) is 4.82. The number of aliphatic carboxylic acids is 1. The van der Waals surface area contributed by atoms with E-state index >= 15 is 0 Å². The van der Waals surface area contributed by atoms with E-state index in [1.165, 1.54) is 11.8 Å². The summed E-state index contributed by atoms with van der Waals surface area (Å²) >= 11 is 7.72. The van der Waals surface area contributed by atoms with Crippen LogP contribution in [0.4, 0.5) is 0 Å². The Hall–Kier alpha value is -3.03. The van der Waals surface area contributed by atoms with E-state index in [0.717, 1.165) is 11.1 Å². The molecular formula is C24H24ClN3O3S. The largest absolute Gasteiger partial charge is 0.480 e. The third kappa shape index (κ3) is 6.48. The molecule has 0 bridgehead atoms. The van der Waals surface area contributed by atoms with Gasteiger partial charge in [0.1, 0.15) is 6.04 Å². The van der Waals surface area contributed by atoms with E-state index in [1.807, 2.05) is 53.4 Å². The van der Waals surface area contributed by atoms with Crippen molar-refractivity contribution in [2.24, 2.45) is 0 Å². The minimum Gasteiger partial charge on any atom is -0.480 e. The van der Waals surface area contributed by atoms with Gasteiger partial charge in [-0.1, -0.05) is 42.0 Å². The summed E-state index contributed by atoms with van der Waals surface area (Å²) in [5.41, 5.74) is 2.77. The van der Waals surface area contributed by atoms with Crippen LogP contribution in [-0.4, -0.2) is 44.6 Å². The number of thioether (sulfide) groups is 1. The molecule has 8 heteroatoms. The minimum atomic E-state index is -1.05. The maximum absolute atomic E-state index is 13.0. The van der Waals surface area contributed by atoms with Gasteiger partial charge in [0.15, 0.2) is 0 Å². The highest BCUT2D eigenvalue weighted by Crippen LogP contribution is 2.28. The van der Waals surface area contributed by atoms with Crippen LogP contribution < -0.4 is 5.32 Å². The zero-order valence-corrected chi connectivity index (χ0v) is 19.1. The van der Waals surface area contributed by atoms with E-state index in [0.29, 0.717) is 34.9 Å². The Bertz CT molecular complexity index is 1100. The molecule has 0 radical (unpaired) electrons. The number of allylic oxidation sites excluding steroid dienone is 1. The summed E-state index contributed by atoms with van der Waals surface area (Å²) in [5.74, 6) is -0.836. The van der Waals surface area contributed by atoms with Gasteiger partial charge in [0.05, 0.1) is 6.33 Å². The van der Waals surface area contributed by atoms with Crippen molar-refractivity contribution >= 4 is 41.3 Å². The Morgan fingerprint density at radius 1 is 1.28 bits per heavy atom. The number of hydrogen-bond donors (Lipinski definition) is 2. The molecule has 0 saturated heterocycles. The third-order valence-corrected chi connectivity index (χ3v) is 5.70. The van der Waals surface area contributed by atoms with Crippen molar-refractivity contribution in [2.45, 2.75) is 19.0 Å². The zero-order chi connectivity index (χ0) is 22.9. The maximum atomic E-state index is 13.0. The highest BCUT2D eigenvalue weighted by atomic mass is 35.5. The number of carbonyl (C=O) groups excluding carboxylic acids is 1. The SMILES string of the molecule is CSCC[C@H](NC(=O)c1ccc(/C=C/Cn2ccnc2)cc1-c1cccc(Cl)c1)C(=O)O. The molecule has 1 heterocycles. The Morgan fingerprint density at radius 2 is 2.12 bits per heavy atom. The Balaban J connectivity index is 1.91. The molecule has 0 aliphatic rings. The molecule has 0 fully saturated rings. The number of nitrogens with zero attached hydrogens (tertiary/aromatic N) is 2. The summed E-state index contributed by atoms with van der Waals surface area (Å²) in [6.45, 7) is 0.671. The van der Waals surface area contributed by atoms with Crippen LogP contribution >= 0.6 is 23.4 Å². The van der Waals surface area contributed by atoms with Gasteiger partial charge in [0, 0.05) is 29.5 Å². The van der Waals surface area contributed by atoms with Gasteiger partial charge in [-0.05, 0) is 59.4 Å². The number of hydrogen-bond acceptors (Lipinski definition) is 4. The van der Waals surface area contributed by atoms with Gasteiger partial charge in [0.2, 0.25) is 0 Å². The van der Waals surface area contributed by atoms with Crippen LogP contribution in [0.15, 0.2) is 67.3 Å². The second kappa shape index (κ2) is 11.5. The van der Waals surface area contributed by atoms with Crippen LogP contribution in [-0.2, 0) is 11.3 Å². The van der Waals surface area contributed by atoms with Crippen LogP contribution in [0.25, 0.3) is 17.2 Å². The first-order valence-corrected chi connectivity index (χ1v) is 11.8. The van der Waals surface area contributed by atoms with Crippen molar-refractivity contribution in [3.63, 3.8) is 0 Å². The number of aromatic nitrogens is 2. The number of carboxylic acid groups (broad SMARTS) is 1. The average molecular weight is 470 g/mol. The second-order valence-corrected chi connectivity index (χ2v) is 8.55. The summed E-state index contributed by atoms with van der Waals surface area (Å²) in [6.07, 6.45) is 11.6. The molecule has 32 heavy (non-hydrogen) atoms. The number of benzene rings is 2. The molecule has 0 aliphatic carbocycles. The van der Waals surface area contributed by atoms with Gasteiger partial charge in [0.25, 0.3) is 5.91 Å². The fourth-order valence-corrected chi connectivity index (χ4v) is 3.85. The van der Waals surface area contributed by atoms with Crippen molar-refractivity contribution in [2.75, 3.05) is 12.0 Å². The van der Waals surface area contributed by atoms with Gasteiger partial charge < -0.3 is 15.0 Å². The molecule has 0 aliphatic heterocycles.